The van der Waals surface area contributed by atoms with Crippen LogP contribution in [0, 0.1) is 11.3 Å². The maximum atomic E-state index is 12.9. The lowest BCUT2D eigenvalue weighted by atomic mass is 10.1. The predicted octanol–water partition coefficient (Wildman–Crippen LogP) is 4.59. The number of nitrogens with zero attached hydrogens (tertiary/aromatic N) is 3. The third kappa shape index (κ3) is 2.80. The van der Waals surface area contributed by atoms with Crippen molar-refractivity contribution < 1.29 is 9.53 Å². The molecule has 28 heavy (non-hydrogen) atoms. The maximum Gasteiger partial charge on any atom is 0.339 e. The van der Waals surface area contributed by atoms with Crippen LogP contribution in [0.25, 0.3) is 16.4 Å². The molecule has 3 heterocycles. The fourth-order valence-corrected chi connectivity index (χ4v) is 3.59. The Morgan fingerprint density at radius 1 is 1.21 bits per heavy atom. The van der Waals surface area contributed by atoms with Crippen molar-refractivity contribution in [2.24, 2.45) is 0 Å². The molecule has 1 aromatic carbocycles. The first-order valence-electron chi connectivity index (χ1n) is 9.30. The van der Waals surface area contributed by atoms with Gasteiger partial charge in [0.15, 0.2) is 0 Å². The first-order valence-corrected chi connectivity index (χ1v) is 9.30. The number of rotatable bonds is 4. The average Bonchev–Trinajstić information content (AvgIpc) is 3.52. The second-order valence-electron chi connectivity index (χ2n) is 7.10. The molecule has 5 heteroatoms. The molecule has 0 atom stereocenters. The van der Waals surface area contributed by atoms with Crippen LogP contribution in [0.4, 0.5) is 0 Å². The van der Waals surface area contributed by atoms with E-state index in [-0.39, 0.29) is 12.6 Å². The Morgan fingerprint density at radius 3 is 2.86 bits per heavy atom. The van der Waals surface area contributed by atoms with E-state index in [1.54, 1.807) is 0 Å². The lowest BCUT2D eigenvalue weighted by Gasteiger charge is -2.09. The quantitative estimate of drug-likeness (QED) is 0.495. The Hall–Kier alpha value is -3.65. The van der Waals surface area contributed by atoms with Crippen molar-refractivity contribution in [2.75, 3.05) is 0 Å². The van der Waals surface area contributed by atoms with Gasteiger partial charge in [-0.05, 0) is 37.1 Å². The molecule has 0 bridgehead atoms. The van der Waals surface area contributed by atoms with Crippen LogP contribution in [0.2, 0.25) is 0 Å². The van der Waals surface area contributed by atoms with Crippen molar-refractivity contribution in [3.05, 3.63) is 83.3 Å². The lowest BCUT2D eigenvalue weighted by molar-refractivity contribution is 0.0475. The van der Waals surface area contributed by atoms with Crippen molar-refractivity contribution in [1.82, 2.24) is 9.38 Å². The number of hydrogen-bond acceptors (Lipinski definition) is 4. The number of nitriles is 1. The van der Waals surface area contributed by atoms with E-state index >= 15 is 0 Å². The van der Waals surface area contributed by atoms with Gasteiger partial charge in [0, 0.05) is 35.0 Å². The third-order valence-corrected chi connectivity index (χ3v) is 5.18. The van der Waals surface area contributed by atoms with Gasteiger partial charge in [-0.15, -0.1) is 0 Å². The largest absolute Gasteiger partial charge is 0.457 e. The summed E-state index contributed by atoms with van der Waals surface area (Å²) in [5.41, 5.74) is 4.34. The van der Waals surface area contributed by atoms with Crippen molar-refractivity contribution in [2.45, 2.75) is 25.4 Å². The normalized spacial score (nSPS) is 13.5. The Balaban J connectivity index is 1.47. The van der Waals surface area contributed by atoms with Crippen LogP contribution in [0.1, 0.15) is 45.9 Å². The molecule has 1 aliphatic rings. The highest BCUT2D eigenvalue weighted by molar-refractivity contribution is 6.03. The number of para-hydroxylation sites is 1. The maximum absolute atomic E-state index is 12.9. The Bertz CT molecular complexity index is 1260. The van der Waals surface area contributed by atoms with Gasteiger partial charge in [0.2, 0.25) is 0 Å². The van der Waals surface area contributed by atoms with Crippen LogP contribution in [0.5, 0.6) is 0 Å². The molecule has 0 N–H and O–H groups in total. The average molecular weight is 367 g/mol. The smallest absolute Gasteiger partial charge is 0.339 e. The lowest BCUT2D eigenvalue weighted by Crippen LogP contribution is -2.08. The zero-order valence-corrected chi connectivity index (χ0v) is 15.1. The monoisotopic (exact) mass is 367 g/mol. The van der Waals surface area contributed by atoms with Crippen molar-refractivity contribution in [1.29, 1.82) is 5.26 Å². The summed E-state index contributed by atoms with van der Waals surface area (Å²) in [7, 11) is 0. The molecule has 0 radical (unpaired) electrons. The second-order valence-corrected chi connectivity index (χ2v) is 7.10. The van der Waals surface area contributed by atoms with Crippen LogP contribution in [0.15, 0.2) is 60.9 Å². The zero-order valence-electron chi connectivity index (χ0n) is 15.1. The van der Waals surface area contributed by atoms with E-state index < -0.39 is 0 Å². The van der Waals surface area contributed by atoms with E-state index in [4.69, 9.17) is 9.72 Å². The van der Waals surface area contributed by atoms with Crippen LogP contribution < -0.4 is 0 Å². The van der Waals surface area contributed by atoms with Gasteiger partial charge in [-0.1, -0.05) is 24.3 Å². The fraction of sp³-hybridized carbons (Fsp3) is 0.174. The first-order chi connectivity index (χ1) is 13.7. The Morgan fingerprint density at radius 2 is 2.04 bits per heavy atom. The summed E-state index contributed by atoms with van der Waals surface area (Å²) in [6, 6.07) is 17.4. The van der Waals surface area contributed by atoms with E-state index in [9.17, 15) is 10.1 Å². The Labute approximate surface area is 161 Å². The van der Waals surface area contributed by atoms with E-state index in [0.29, 0.717) is 22.6 Å². The number of aromatic nitrogens is 2. The van der Waals surface area contributed by atoms with Crippen molar-refractivity contribution in [3.8, 4) is 6.07 Å². The molecule has 0 aliphatic heterocycles. The molecular weight excluding hydrogens is 350 g/mol. The van der Waals surface area contributed by atoms with E-state index in [1.165, 1.54) is 0 Å². The van der Waals surface area contributed by atoms with Crippen LogP contribution >= 0.6 is 0 Å². The predicted molar refractivity (Wildman–Crippen MR) is 105 cm³/mol. The minimum absolute atomic E-state index is 0.0544. The molecule has 0 saturated heterocycles. The number of benzene rings is 1. The number of carbonyl (C=O) groups is 1. The summed E-state index contributed by atoms with van der Waals surface area (Å²) in [5, 5.41) is 10.3. The molecule has 136 valence electrons. The summed E-state index contributed by atoms with van der Waals surface area (Å²) >= 11 is 0. The molecule has 4 aromatic rings. The van der Waals surface area contributed by atoms with Gasteiger partial charge in [-0.25, -0.2) is 4.79 Å². The summed E-state index contributed by atoms with van der Waals surface area (Å²) in [6.07, 6.45) is 5.94. The van der Waals surface area contributed by atoms with Crippen molar-refractivity contribution >= 4 is 22.4 Å². The van der Waals surface area contributed by atoms with Crippen LogP contribution in [0.3, 0.4) is 0 Å². The second kappa shape index (κ2) is 6.50. The van der Waals surface area contributed by atoms with Gasteiger partial charge in [0.25, 0.3) is 0 Å². The highest BCUT2D eigenvalue weighted by atomic mass is 16.5. The molecule has 1 saturated carbocycles. The summed E-state index contributed by atoms with van der Waals surface area (Å²) in [6.45, 7) is 0.0544. The van der Waals surface area contributed by atoms with E-state index in [2.05, 4.69) is 6.07 Å². The molecule has 5 nitrogen and oxygen atoms in total. The fourth-order valence-electron chi connectivity index (χ4n) is 3.59. The van der Waals surface area contributed by atoms with E-state index in [1.807, 2.05) is 65.3 Å². The van der Waals surface area contributed by atoms with Gasteiger partial charge in [0.1, 0.15) is 12.7 Å². The molecule has 0 amide bonds. The highest BCUT2D eigenvalue weighted by Crippen LogP contribution is 2.40. The molecule has 0 unspecified atom stereocenters. The number of fused-ring (bicyclic) bond motifs is 2. The number of hydrogen-bond donors (Lipinski definition) is 0. The molecule has 3 aromatic heterocycles. The van der Waals surface area contributed by atoms with Crippen LogP contribution in [-0.4, -0.2) is 15.4 Å². The zero-order chi connectivity index (χ0) is 19.1. The van der Waals surface area contributed by atoms with E-state index in [0.717, 1.165) is 35.0 Å². The first kappa shape index (κ1) is 16.5. The minimum Gasteiger partial charge on any atom is -0.457 e. The molecular formula is C23H17N3O2. The SMILES string of the molecule is N#Cc1c(COC(=O)c2cc(C3CC3)nc3ccccc23)cn2ccccc12. The number of ether oxygens (including phenoxy) is 1. The molecule has 1 fully saturated rings. The minimum atomic E-state index is -0.389. The van der Waals surface area contributed by atoms with Gasteiger partial charge >= 0.3 is 5.97 Å². The Kier molecular flexibility index (Phi) is 3.84. The summed E-state index contributed by atoms with van der Waals surface area (Å²) in [5.74, 6) is 0.0535. The topological polar surface area (TPSA) is 67.4 Å². The number of carbonyl (C=O) groups excluding carboxylic acids is 1. The molecule has 0 spiro atoms. The number of pyridine rings is 2. The highest BCUT2D eigenvalue weighted by Gasteiger charge is 2.27. The summed E-state index contributed by atoms with van der Waals surface area (Å²) < 4.78 is 7.49. The third-order valence-electron chi connectivity index (χ3n) is 5.18. The summed E-state index contributed by atoms with van der Waals surface area (Å²) in [4.78, 5) is 17.6. The van der Waals surface area contributed by atoms with Crippen LogP contribution in [-0.2, 0) is 11.3 Å². The molecule has 5 rings (SSSR count). The van der Waals surface area contributed by atoms with Gasteiger partial charge in [-0.3, -0.25) is 4.98 Å². The van der Waals surface area contributed by atoms with Gasteiger partial charge in [0.05, 0.1) is 22.2 Å². The molecule has 1 aliphatic carbocycles. The number of esters is 1. The van der Waals surface area contributed by atoms with Crippen molar-refractivity contribution in [3.63, 3.8) is 0 Å². The van der Waals surface area contributed by atoms with Gasteiger partial charge < -0.3 is 9.14 Å². The standard InChI is InChI=1S/C23H17N3O2/c24-12-19-16(13-26-10-4-3-7-22(19)26)14-28-23(27)18-11-21(15-8-9-15)25-20-6-2-1-5-17(18)20/h1-7,10-11,13,15H,8-9,14H2. The van der Waals surface area contributed by atoms with Gasteiger partial charge in [-0.2, -0.15) is 5.26 Å².